The number of nitrogens with zero attached hydrogens (tertiary/aromatic N) is 1. The van der Waals surface area contributed by atoms with Crippen molar-refractivity contribution in [2.45, 2.75) is 13.3 Å². The molecule has 0 saturated carbocycles. The van der Waals surface area contributed by atoms with Crippen molar-refractivity contribution in [1.29, 1.82) is 0 Å². The van der Waals surface area contributed by atoms with Crippen LogP contribution in [-0.4, -0.2) is 28.5 Å². The molecule has 1 aromatic rings. The Kier molecular flexibility index (Phi) is 3.79. The number of carboxylic acid groups (broad SMARTS) is 1. The molecule has 0 radical (unpaired) electrons. The van der Waals surface area contributed by atoms with Crippen LogP contribution in [0.2, 0.25) is 0 Å². The molecule has 1 amide bonds. The molecular weight excluding hydrogens is 196 g/mol. The van der Waals surface area contributed by atoms with Crippen LogP contribution in [0.3, 0.4) is 0 Å². The summed E-state index contributed by atoms with van der Waals surface area (Å²) in [6.07, 6.45) is 0.528. The normalized spacial score (nSPS) is 9.67. The molecule has 2 N–H and O–H groups in total. The number of hydrogen-bond donors (Lipinski definition) is 2. The van der Waals surface area contributed by atoms with Gasteiger partial charge in [0.2, 0.25) is 5.91 Å². The molecule has 1 aromatic heterocycles. The highest BCUT2D eigenvalue weighted by Gasteiger charge is 2.04. The zero-order valence-electron chi connectivity index (χ0n) is 8.36. The molecular formula is C10H12N2O3. The van der Waals surface area contributed by atoms with Gasteiger partial charge >= 0.3 is 5.97 Å². The molecule has 0 bridgehead atoms. The molecule has 0 aliphatic carbocycles. The van der Waals surface area contributed by atoms with Gasteiger partial charge in [-0.3, -0.25) is 4.79 Å². The molecule has 0 atom stereocenters. The van der Waals surface area contributed by atoms with Gasteiger partial charge in [0, 0.05) is 25.6 Å². The van der Waals surface area contributed by atoms with Crippen molar-refractivity contribution in [3.8, 4) is 0 Å². The van der Waals surface area contributed by atoms with Crippen LogP contribution in [0.1, 0.15) is 23.1 Å². The third kappa shape index (κ3) is 3.76. The van der Waals surface area contributed by atoms with Crippen molar-refractivity contribution in [2.75, 3.05) is 6.54 Å². The summed E-state index contributed by atoms with van der Waals surface area (Å²) in [6, 6.07) is 4.80. The van der Waals surface area contributed by atoms with E-state index in [0.717, 1.165) is 0 Å². The van der Waals surface area contributed by atoms with E-state index in [1.165, 1.54) is 13.0 Å². The number of carboxylic acids is 1. The average molecular weight is 208 g/mol. The summed E-state index contributed by atoms with van der Waals surface area (Å²) in [7, 11) is 0. The van der Waals surface area contributed by atoms with Gasteiger partial charge in [-0.25, -0.2) is 9.78 Å². The molecule has 0 fully saturated rings. The molecule has 0 aliphatic heterocycles. The molecule has 15 heavy (non-hydrogen) atoms. The maximum Gasteiger partial charge on any atom is 0.354 e. The molecule has 0 unspecified atom stereocenters. The first kappa shape index (κ1) is 11.2. The summed E-state index contributed by atoms with van der Waals surface area (Å²) in [5, 5.41) is 11.3. The SMILES string of the molecule is CC(=O)NCCc1cccc(C(=O)O)n1. The minimum atomic E-state index is -1.05. The lowest BCUT2D eigenvalue weighted by molar-refractivity contribution is -0.118. The Hall–Kier alpha value is -1.91. The zero-order valence-corrected chi connectivity index (χ0v) is 8.36. The summed E-state index contributed by atoms with van der Waals surface area (Å²) in [5.74, 6) is -1.15. The highest BCUT2D eigenvalue weighted by atomic mass is 16.4. The van der Waals surface area contributed by atoms with Gasteiger partial charge in [-0.05, 0) is 12.1 Å². The van der Waals surface area contributed by atoms with Gasteiger partial charge in [0.15, 0.2) is 0 Å². The maximum atomic E-state index is 10.6. The van der Waals surface area contributed by atoms with E-state index in [4.69, 9.17) is 5.11 Å². The van der Waals surface area contributed by atoms with Crippen LogP contribution in [0.5, 0.6) is 0 Å². The quantitative estimate of drug-likeness (QED) is 0.753. The minimum absolute atomic E-state index is 0.0234. The number of aromatic nitrogens is 1. The van der Waals surface area contributed by atoms with Crippen molar-refractivity contribution < 1.29 is 14.7 Å². The molecule has 5 heteroatoms. The van der Waals surface area contributed by atoms with E-state index in [1.54, 1.807) is 12.1 Å². The summed E-state index contributed by atoms with van der Waals surface area (Å²) in [5.41, 5.74) is 0.680. The first-order valence-corrected chi connectivity index (χ1v) is 4.53. The lowest BCUT2D eigenvalue weighted by Crippen LogP contribution is -2.22. The van der Waals surface area contributed by atoms with Crippen LogP contribution >= 0.6 is 0 Å². The zero-order chi connectivity index (χ0) is 11.3. The molecule has 1 heterocycles. The number of amides is 1. The highest BCUT2D eigenvalue weighted by Crippen LogP contribution is 1.99. The van der Waals surface area contributed by atoms with Crippen molar-refractivity contribution in [3.63, 3.8) is 0 Å². The third-order valence-electron chi connectivity index (χ3n) is 1.78. The topological polar surface area (TPSA) is 79.3 Å². The first-order chi connectivity index (χ1) is 7.09. The lowest BCUT2D eigenvalue weighted by Gasteiger charge is -2.02. The van der Waals surface area contributed by atoms with Gasteiger partial charge in [-0.15, -0.1) is 0 Å². The van der Waals surface area contributed by atoms with Gasteiger partial charge in [-0.1, -0.05) is 6.07 Å². The van der Waals surface area contributed by atoms with Gasteiger partial charge < -0.3 is 10.4 Å². The van der Waals surface area contributed by atoms with Crippen molar-refractivity contribution in [3.05, 3.63) is 29.6 Å². The Morgan fingerprint density at radius 1 is 1.47 bits per heavy atom. The van der Waals surface area contributed by atoms with Crippen molar-refractivity contribution in [2.24, 2.45) is 0 Å². The maximum absolute atomic E-state index is 10.6. The van der Waals surface area contributed by atoms with Gasteiger partial charge in [0.25, 0.3) is 0 Å². The van der Waals surface area contributed by atoms with E-state index < -0.39 is 5.97 Å². The summed E-state index contributed by atoms with van der Waals surface area (Å²) in [4.78, 5) is 25.1. The third-order valence-corrected chi connectivity index (χ3v) is 1.78. The van der Waals surface area contributed by atoms with Crippen LogP contribution in [0.4, 0.5) is 0 Å². The number of carbonyl (C=O) groups excluding carboxylic acids is 1. The van der Waals surface area contributed by atoms with Crippen LogP contribution in [0.15, 0.2) is 18.2 Å². The first-order valence-electron chi connectivity index (χ1n) is 4.53. The second kappa shape index (κ2) is 5.09. The fourth-order valence-corrected chi connectivity index (χ4v) is 1.10. The van der Waals surface area contributed by atoms with E-state index in [0.29, 0.717) is 18.7 Å². The molecule has 5 nitrogen and oxygen atoms in total. The Balaban J connectivity index is 2.58. The Labute approximate surface area is 87.1 Å². The molecule has 1 rings (SSSR count). The van der Waals surface area contributed by atoms with E-state index >= 15 is 0 Å². The van der Waals surface area contributed by atoms with E-state index in [2.05, 4.69) is 10.3 Å². The number of nitrogens with one attached hydrogen (secondary N) is 1. The number of carbonyl (C=O) groups is 2. The predicted octanol–water partition coefficient (Wildman–Crippen LogP) is 0.458. The van der Waals surface area contributed by atoms with Gasteiger partial charge in [-0.2, -0.15) is 0 Å². The molecule has 0 aliphatic rings. The van der Waals surface area contributed by atoms with Crippen LogP contribution in [0.25, 0.3) is 0 Å². The summed E-state index contributed by atoms with van der Waals surface area (Å²) >= 11 is 0. The molecule has 0 saturated heterocycles. The lowest BCUT2D eigenvalue weighted by atomic mass is 10.2. The predicted molar refractivity (Wildman–Crippen MR) is 53.6 cm³/mol. The Bertz CT molecular complexity index is 377. The molecule has 80 valence electrons. The highest BCUT2D eigenvalue weighted by molar-refractivity contribution is 5.85. The summed E-state index contributed by atoms with van der Waals surface area (Å²) in [6.45, 7) is 1.90. The Morgan fingerprint density at radius 2 is 2.20 bits per heavy atom. The monoisotopic (exact) mass is 208 g/mol. The van der Waals surface area contributed by atoms with Crippen LogP contribution in [-0.2, 0) is 11.2 Å². The number of hydrogen-bond acceptors (Lipinski definition) is 3. The minimum Gasteiger partial charge on any atom is -0.477 e. The fraction of sp³-hybridized carbons (Fsp3) is 0.300. The smallest absolute Gasteiger partial charge is 0.354 e. The molecule has 0 spiro atoms. The summed E-state index contributed by atoms with van der Waals surface area (Å²) < 4.78 is 0. The largest absolute Gasteiger partial charge is 0.477 e. The van der Waals surface area contributed by atoms with Gasteiger partial charge in [0.1, 0.15) is 5.69 Å². The Morgan fingerprint density at radius 3 is 2.80 bits per heavy atom. The molecule has 0 aromatic carbocycles. The van der Waals surface area contributed by atoms with Crippen LogP contribution in [0, 0.1) is 0 Å². The van der Waals surface area contributed by atoms with Crippen molar-refractivity contribution >= 4 is 11.9 Å². The fourth-order valence-electron chi connectivity index (χ4n) is 1.10. The van der Waals surface area contributed by atoms with E-state index in [9.17, 15) is 9.59 Å². The van der Waals surface area contributed by atoms with Crippen molar-refractivity contribution in [1.82, 2.24) is 10.3 Å². The number of aromatic carboxylic acids is 1. The van der Waals surface area contributed by atoms with E-state index in [-0.39, 0.29) is 11.6 Å². The number of rotatable bonds is 4. The standard InChI is InChI=1S/C10H12N2O3/c1-7(13)11-6-5-8-3-2-4-9(12-8)10(14)15/h2-4H,5-6H2,1H3,(H,11,13)(H,14,15). The van der Waals surface area contributed by atoms with Crippen LogP contribution < -0.4 is 5.32 Å². The second-order valence-corrected chi connectivity index (χ2v) is 3.05. The average Bonchev–Trinajstić information content (AvgIpc) is 2.17. The second-order valence-electron chi connectivity index (χ2n) is 3.05. The van der Waals surface area contributed by atoms with Gasteiger partial charge in [0.05, 0.1) is 0 Å². The van der Waals surface area contributed by atoms with E-state index in [1.807, 2.05) is 0 Å². The number of pyridine rings is 1.